The molecule has 0 spiro atoms. The molecule has 0 unspecified atom stereocenters. The Morgan fingerprint density at radius 2 is 1.15 bits per heavy atom. The molecule has 11 nitrogen and oxygen atoms in total. The largest absolute Gasteiger partial charge is 0.478 e. The van der Waals surface area contributed by atoms with Crippen LogP contribution in [0.2, 0.25) is 0 Å². The number of benzene rings is 6. The maximum atomic E-state index is 15.1. The zero-order chi connectivity index (χ0) is 49.0. The molecule has 1 aliphatic carbocycles. The van der Waals surface area contributed by atoms with Crippen LogP contribution in [0.25, 0.3) is 11.1 Å². The summed E-state index contributed by atoms with van der Waals surface area (Å²) in [4.78, 5) is 63.4. The van der Waals surface area contributed by atoms with E-state index in [0.717, 1.165) is 49.4 Å². The number of carboxylic acid groups (broad SMARTS) is 1. The molecular weight excluding hydrogens is 887 g/mol. The zero-order valence-electron chi connectivity index (χ0n) is 35.7. The Morgan fingerprint density at radius 3 is 1.64 bits per heavy atom. The number of hydrogen-bond acceptors (Lipinski definition) is 9. The number of aromatic carboxylic acids is 1. The van der Waals surface area contributed by atoms with E-state index in [-0.39, 0.29) is 28.7 Å². The number of Topliss-reactive ketones (excluding diaryl/α,β-unsaturated/α-hetero) is 1. The van der Waals surface area contributed by atoms with Gasteiger partial charge in [-0.3, -0.25) is 19.2 Å². The lowest BCUT2D eigenvalue weighted by atomic mass is 9.66. The Kier molecular flexibility index (Phi) is 12.0. The van der Waals surface area contributed by atoms with Gasteiger partial charge in [0, 0.05) is 46.2 Å². The van der Waals surface area contributed by atoms with E-state index in [1.54, 1.807) is 73.8 Å². The number of carboxylic acids is 1. The second-order valence-electron chi connectivity index (χ2n) is 16.2. The molecule has 7 rings (SSSR count). The van der Waals surface area contributed by atoms with E-state index in [1.165, 1.54) is 19.9 Å². The predicted molar refractivity (Wildman–Crippen MR) is 232 cm³/mol. The van der Waals surface area contributed by atoms with Gasteiger partial charge in [0.05, 0.1) is 22.1 Å². The van der Waals surface area contributed by atoms with Gasteiger partial charge in [-0.25, -0.2) is 4.79 Å². The third-order valence-electron chi connectivity index (χ3n) is 11.8. The summed E-state index contributed by atoms with van der Waals surface area (Å²) >= 11 is 0. The van der Waals surface area contributed by atoms with Crippen molar-refractivity contribution < 1.29 is 70.4 Å². The maximum Gasteiger partial charge on any atom is 0.430 e. The molecule has 0 heterocycles. The van der Waals surface area contributed by atoms with Crippen LogP contribution in [0, 0.1) is 0 Å². The van der Waals surface area contributed by atoms with Gasteiger partial charge in [0.25, 0.3) is 18.0 Å². The molecule has 0 aromatic heterocycles. The van der Waals surface area contributed by atoms with E-state index in [9.17, 15) is 39.3 Å². The SMILES string of the molecule is CNc1ccc(C2(c3ccc(NC(=O)c4cc(C(=O)c5ccc(C(=O)O)c(C(C)=O)c5)ccc4OC=O)c(C(O)(C(F)(F)F)C(F)(F)F)c3)c3ccccc3-c3ccccc32)cc1C(C)(C)O. The molecule has 0 fully saturated rings. The van der Waals surface area contributed by atoms with Crippen LogP contribution < -0.4 is 15.4 Å². The fourth-order valence-electron chi connectivity index (χ4n) is 8.70. The number of fused-ring (bicyclic) bond motifs is 3. The van der Waals surface area contributed by atoms with Crippen LogP contribution in [0.15, 0.2) is 121 Å². The van der Waals surface area contributed by atoms with Crippen molar-refractivity contribution in [3.63, 3.8) is 0 Å². The fraction of sp³-hybridized carbons (Fsp3) is 0.180. The van der Waals surface area contributed by atoms with Gasteiger partial charge in [-0.1, -0.05) is 66.7 Å². The first-order valence-corrected chi connectivity index (χ1v) is 20.2. The highest BCUT2D eigenvalue weighted by Gasteiger charge is 2.72. The molecular formula is C50H38F6N2O9. The third-order valence-corrected chi connectivity index (χ3v) is 11.8. The molecule has 5 N–H and O–H groups in total. The van der Waals surface area contributed by atoms with Gasteiger partial charge < -0.3 is 30.7 Å². The van der Waals surface area contributed by atoms with Crippen molar-refractivity contribution in [1.29, 1.82) is 0 Å². The van der Waals surface area contributed by atoms with E-state index in [4.69, 9.17) is 4.74 Å². The lowest BCUT2D eigenvalue weighted by Gasteiger charge is -2.38. The summed E-state index contributed by atoms with van der Waals surface area (Å²) in [5, 5.41) is 37.1. The number of aliphatic hydroxyl groups is 2. The molecule has 0 bridgehead atoms. The van der Waals surface area contributed by atoms with Gasteiger partial charge in [0.2, 0.25) is 0 Å². The minimum Gasteiger partial charge on any atom is -0.478 e. The minimum atomic E-state index is -6.47. The van der Waals surface area contributed by atoms with Crippen LogP contribution in [-0.4, -0.2) is 64.6 Å². The monoisotopic (exact) mass is 924 g/mol. The van der Waals surface area contributed by atoms with E-state index < -0.39 is 80.5 Å². The Bertz CT molecular complexity index is 2970. The molecule has 6 aromatic carbocycles. The Hall–Kier alpha value is -7.63. The predicted octanol–water partition coefficient (Wildman–Crippen LogP) is 9.55. The number of halogens is 6. The first-order valence-electron chi connectivity index (χ1n) is 20.2. The number of ether oxygens (including phenoxy) is 1. The minimum absolute atomic E-state index is 0.132. The standard InChI is InChI=1S/C50H38F6N2O9/c1-26(60)34-21-27(13-17-33(34)45(63)64)43(61)28-14-20-42(67-25-59)35(22-28)44(62)58-41-19-16-30(24-39(41)48(66,49(51,52)53)50(54,55)56)47(29-15-18-40(57-4)38(23-29)46(2,3)65)36-11-7-5-9-31(36)32-10-6-8-12-37(32)47/h5-25,57,65-66H,1-4H3,(H,58,62)(H,63,64). The summed E-state index contributed by atoms with van der Waals surface area (Å²) < 4.78 is 95.8. The van der Waals surface area contributed by atoms with Gasteiger partial charge in [-0.15, -0.1) is 0 Å². The van der Waals surface area contributed by atoms with Gasteiger partial charge >= 0.3 is 18.3 Å². The quantitative estimate of drug-likeness (QED) is 0.0425. The highest BCUT2D eigenvalue weighted by Crippen LogP contribution is 2.59. The Labute approximate surface area is 377 Å². The summed E-state index contributed by atoms with van der Waals surface area (Å²) in [7, 11) is 1.60. The average Bonchev–Trinajstić information content (AvgIpc) is 3.58. The molecule has 17 heteroatoms. The number of hydrogen-bond donors (Lipinski definition) is 5. The number of carbonyl (C=O) groups excluding carboxylic acids is 4. The Balaban J connectivity index is 1.47. The number of rotatable bonds is 13. The number of alkyl halides is 6. The number of nitrogens with one attached hydrogen (secondary N) is 2. The van der Waals surface area contributed by atoms with Crippen LogP contribution in [0.5, 0.6) is 5.75 Å². The summed E-state index contributed by atoms with van der Waals surface area (Å²) in [6.45, 7) is 3.92. The molecule has 0 radical (unpaired) electrons. The van der Waals surface area contributed by atoms with Gasteiger partial charge in [-0.05, 0) is 109 Å². The normalized spacial score (nSPS) is 13.3. The molecule has 0 aliphatic heterocycles. The fourth-order valence-corrected chi connectivity index (χ4v) is 8.70. The van der Waals surface area contributed by atoms with E-state index in [0.29, 0.717) is 45.1 Å². The van der Waals surface area contributed by atoms with Crippen molar-refractivity contribution in [2.24, 2.45) is 0 Å². The summed E-state index contributed by atoms with van der Waals surface area (Å²) in [5.41, 5.74) is -11.2. The van der Waals surface area contributed by atoms with E-state index in [1.807, 2.05) is 5.32 Å². The number of anilines is 2. The van der Waals surface area contributed by atoms with Crippen LogP contribution in [0.1, 0.15) is 101 Å². The Morgan fingerprint density at radius 1 is 0.642 bits per heavy atom. The molecule has 0 saturated heterocycles. The number of ketones is 2. The van der Waals surface area contributed by atoms with Crippen LogP contribution >= 0.6 is 0 Å². The van der Waals surface area contributed by atoms with Crippen LogP contribution in [-0.2, 0) is 21.4 Å². The maximum absolute atomic E-state index is 15.1. The first kappa shape index (κ1) is 47.3. The van der Waals surface area contributed by atoms with Crippen molar-refractivity contribution in [1.82, 2.24) is 0 Å². The molecule has 344 valence electrons. The van der Waals surface area contributed by atoms with Crippen molar-refractivity contribution in [3.8, 4) is 16.9 Å². The van der Waals surface area contributed by atoms with Crippen molar-refractivity contribution >= 4 is 41.3 Å². The number of amides is 1. The topological polar surface area (TPSA) is 179 Å². The molecule has 1 aliphatic rings. The lowest BCUT2D eigenvalue weighted by molar-refractivity contribution is -0.376. The van der Waals surface area contributed by atoms with Crippen LogP contribution in [0.4, 0.5) is 37.7 Å². The average molecular weight is 925 g/mol. The second kappa shape index (κ2) is 17.0. The summed E-state index contributed by atoms with van der Waals surface area (Å²) in [6.07, 6.45) is -12.9. The van der Waals surface area contributed by atoms with Crippen molar-refractivity contribution in [2.75, 3.05) is 17.7 Å². The molecule has 6 aromatic rings. The first-order chi connectivity index (χ1) is 31.4. The van der Waals surface area contributed by atoms with Gasteiger partial charge in [-0.2, -0.15) is 26.3 Å². The molecule has 67 heavy (non-hydrogen) atoms. The molecule has 0 atom stereocenters. The van der Waals surface area contributed by atoms with E-state index >= 15 is 26.3 Å². The highest BCUT2D eigenvalue weighted by atomic mass is 19.4. The van der Waals surface area contributed by atoms with Crippen molar-refractivity contribution in [3.05, 3.63) is 183 Å². The third kappa shape index (κ3) is 7.89. The lowest BCUT2D eigenvalue weighted by Crippen LogP contribution is -2.54. The molecule has 1 amide bonds. The zero-order valence-corrected chi connectivity index (χ0v) is 35.7. The van der Waals surface area contributed by atoms with Gasteiger partial charge in [0.1, 0.15) is 5.75 Å². The second-order valence-corrected chi connectivity index (χ2v) is 16.2. The van der Waals surface area contributed by atoms with Crippen LogP contribution in [0.3, 0.4) is 0 Å². The summed E-state index contributed by atoms with van der Waals surface area (Å²) in [6, 6.07) is 26.6. The number of carbonyl (C=O) groups is 5. The van der Waals surface area contributed by atoms with Gasteiger partial charge in [0.15, 0.2) is 11.6 Å². The summed E-state index contributed by atoms with van der Waals surface area (Å²) in [5.74, 6) is -5.19. The highest BCUT2D eigenvalue weighted by molar-refractivity contribution is 6.14. The van der Waals surface area contributed by atoms with Crippen molar-refractivity contribution in [2.45, 2.75) is 49.7 Å². The smallest absolute Gasteiger partial charge is 0.430 e. The molecule has 0 saturated carbocycles. The van der Waals surface area contributed by atoms with E-state index in [2.05, 4.69) is 5.32 Å².